The Balaban J connectivity index is 1.89. The highest BCUT2D eigenvalue weighted by Gasteiger charge is 2.34. The number of phenolic OH excluding ortho intramolecular Hbond substituents is 1. The minimum absolute atomic E-state index is 0.0386. The molecule has 3 rings (SSSR count). The van der Waals surface area contributed by atoms with Gasteiger partial charge in [-0.05, 0) is 53.9 Å². The van der Waals surface area contributed by atoms with Gasteiger partial charge in [-0.15, -0.1) is 0 Å². The average molecular weight is 347 g/mol. The Morgan fingerprint density at radius 3 is 2.54 bits per heavy atom. The number of amides is 1. The van der Waals surface area contributed by atoms with Crippen molar-refractivity contribution >= 4 is 29.2 Å². The fourth-order valence-corrected chi connectivity index (χ4v) is 2.87. The molecule has 0 aliphatic carbocycles. The van der Waals surface area contributed by atoms with E-state index in [4.69, 9.17) is 11.6 Å². The molecule has 0 radical (unpaired) electrons. The molecule has 1 aliphatic heterocycles. The largest absolute Gasteiger partial charge is 0.508 e. The fraction of sp³-hybridized carbons (Fsp3) is 0.176. The van der Waals surface area contributed by atoms with Gasteiger partial charge in [0.15, 0.2) is 0 Å². The van der Waals surface area contributed by atoms with Gasteiger partial charge in [0.1, 0.15) is 17.8 Å². The minimum atomic E-state index is -1.05. The molecule has 124 valence electrons. The molecule has 7 heteroatoms. The van der Waals surface area contributed by atoms with Crippen molar-refractivity contribution in [2.45, 2.75) is 18.5 Å². The number of halogens is 1. The lowest BCUT2D eigenvalue weighted by Gasteiger charge is -2.30. The van der Waals surface area contributed by atoms with Gasteiger partial charge in [0.05, 0.1) is 0 Å². The number of aromatic hydroxyl groups is 1. The molecular weight excluding hydrogens is 332 g/mol. The number of nitrogens with one attached hydrogen (secondary N) is 2. The topological polar surface area (TPSA) is 98.7 Å². The van der Waals surface area contributed by atoms with E-state index in [2.05, 4.69) is 10.6 Å². The van der Waals surface area contributed by atoms with Gasteiger partial charge in [-0.25, -0.2) is 0 Å². The van der Waals surface area contributed by atoms with Crippen molar-refractivity contribution < 1.29 is 19.8 Å². The first-order valence-corrected chi connectivity index (χ1v) is 7.69. The van der Waals surface area contributed by atoms with Crippen LogP contribution in [0.15, 0.2) is 42.5 Å². The van der Waals surface area contributed by atoms with Crippen LogP contribution in [-0.4, -0.2) is 28.1 Å². The number of carbonyl (C=O) groups is 2. The maximum atomic E-state index is 12.6. The van der Waals surface area contributed by atoms with Gasteiger partial charge in [-0.1, -0.05) is 17.7 Å². The Morgan fingerprint density at radius 2 is 1.88 bits per heavy atom. The van der Waals surface area contributed by atoms with E-state index in [1.807, 2.05) is 0 Å². The minimum Gasteiger partial charge on any atom is -0.508 e. The molecule has 0 bridgehead atoms. The molecule has 0 saturated carbocycles. The third-order valence-electron chi connectivity index (χ3n) is 3.90. The molecule has 2 aromatic rings. The number of hydrogen-bond donors (Lipinski definition) is 4. The summed E-state index contributed by atoms with van der Waals surface area (Å²) in [5.74, 6) is -1.39. The summed E-state index contributed by atoms with van der Waals surface area (Å²) >= 11 is 5.82. The predicted molar refractivity (Wildman–Crippen MR) is 89.2 cm³/mol. The van der Waals surface area contributed by atoms with Gasteiger partial charge in [0.25, 0.3) is 0 Å². The SMILES string of the molecule is O=C(O)C1Cc2cc(O)ccc2C(C(=O)Nc2ccc(Cl)cc2)N1. The Hall–Kier alpha value is -2.57. The Morgan fingerprint density at radius 1 is 1.17 bits per heavy atom. The van der Waals surface area contributed by atoms with E-state index < -0.39 is 18.1 Å². The van der Waals surface area contributed by atoms with Crippen molar-refractivity contribution in [2.75, 3.05) is 5.32 Å². The summed E-state index contributed by atoms with van der Waals surface area (Å²) in [5, 5.41) is 25.0. The maximum Gasteiger partial charge on any atom is 0.321 e. The monoisotopic (exact) mass is 346 g/mol. The zero-order chi connectivity index (χ0) is 17.3. The lowest BCUT2D eigenvalue weighted by Crippen LogP contribution is -2.48. The van der Waals surface area contributed by atoms with Crippen LogP contribution in [0.2, 0.25) is 5.02 Å². The summed E-state index contributed by atoms with van der Waals surface area (Å²) in [5.41, 5.74) is 1.85. The standard InChI is InChI=1S/C17H15ClN2O4/c18-10-1-3-11(4-2-10)19-16(22)15-13-6-5-12(21)7-9(13)8-14(20-15)17(23)24/h1-7,14-15,20-21H,8H2,(H,19,22)(H,23,24). The lowest BCUT2D eigenvalue weighted by molar-refractivity contribution is -0.140. The van der Waals surface area contributed by atoms with Crippen LogP contribution >= 0.6 is 11.6 Å². The first-order chi connectivity index (χ1) is 11.4. The van der Waals surface area contributed by atoms with Gasteiger partial charge in [0, 0.05) is 10.7 Å². The van der Waals surface area contributed by atoms with Crippen molar-refractivity contribution in [1.29, 1.82) is 0 Å². The van der Waals surface area contributed by atoms with Crippen LogP contribution in [0.1, 0.15) is 17.2 Å². The molecule has 0 saturated heterocycles. The summed E-state index contributed by atoms with van der Waals surface area (Å²) in [7, 11) is 0. The van der Waals surface area contributed by atoms with Crippen molar-refractivity contribution in [3.05, 3.63) is 58.6 Å². The molecule has 6 nitrogen and oxygen atoms in total. The van der Waals surface area contributed by atoms with E-state index in [0.717, 1.165) is 0 Å². The molecule has 24 heavy (non-hydrogen) atoms. The number of carboxylic acids is 1. The van der Waals surface area contributed by atoms with Gasteiger partial charge in [0.2, 0.25) is 5.91 Å². The highest BCUT2D eigenvalue weighted by Crippen LogP contribution is 2.29. The highest BCUT2D eigenvalue weighted by atomic mass is 35.5. The summed E-state index contributed by atoms with van der Waals surface area (Å²) in [6.45, 7) is 0. The van der Waals surface area contributed by atoms with Gasteiger partial charge >= 0.3 is 5.97 Å². The van der Waals surface area contributed by atoms with Crippen molar-refractivity contribution in [3.8, 4) is 5.75 Å². The summed E-state index contributed by atoms with van der Waals surface area (Å²) in [6.07, 6.45) is 0.198. The fourth-order valence-electron chi connectivity index (χ4n) is 2.74. The van der Waals surface area contributed by atoms with Crippen LogP contribution in [0.25, 0.3) is 0 Å². The van der Waals surface area contributed by atoms with E-state index in [9.17, 15) is 19.8 Å². The third-order valence-corrected chi connectivity index (χ3v) is 4.15. The molecular formula is C17H15ClN2O4. The number of carbonyl (C=O) groups excluding carboxylic acids is 1. The van der Waals surface area contributed by atoms with Crippen LogP contribution in [0, 0.1) is 0 Å². The molecule has 2 aromatic carbocycles. The normalized spacial score (nSPS) is 19.4. The molecule has 1 aliphatic rings. The van der Waals surface area contributed by atoms with Crippen LogP contribution in [-0.2, 0) is 16.0 Å². The first kappa shape index (κ1) is 16.3. The van der Waals surface area contributed by atoms with Crippen molar-refractivity contribution in [2.24, 2.45) is 0 Å². The quantitative estimate of drug-likeness (QED) is 0.683. The van der Waals surface area contributed by atoms with Gasteiger partial charge in [-0.2, -0.15) is 0 Å². The third kappa shape index (κ3) is 3.34. The summed E-state index contributed by atoms with van der Waals surface area (Å²) in [4.78, 5) is 23.9. The second-order valence-electron chi connectivity index (χ2n) is 5.57. The lowest BCUT2D eigenvalue weighted by atomic mass is 9.89. The van der Waals surface area contributed by atoms with Crippen molar-refractivity contribution in [1.82, 2.24) is 5.32 Å². The number of benzene rings is 2. The zero-order valence-electron chi connectivity index (χ0n) is 12.5. The molecule has 0 spiro atoms. The number of carboxylic acid groups (broad SMARTS) is 1. The number of rotatable bonds is 3. The Kier molecular flexibility index (Phi) is 4.42. The first-order valence-electron chi connectivity index (χ1n) is 7.31. The van der Waals surface area contributed by atoms with E-state index in [0.29, 0.717) is 21.8 Å². The van der Waals surface area contributed by atoms with Crippen LogP contribution in [0.5, 0.6) is 5.75 Å². The highest BCUT2D eigenvalue weighted by molar-refractivity contribution is 6.30. The number of fused-ring (bicyclic) bond motifs is 1. The van der Waals surface area contributed by atoms with E-state index in [1.54, 1.807) is 30.3 Å². The van der Waals surface area contributed by atoms with Crippen molar-refractivity contribution in [3.63, 3.8) is 0 Å². The number of hydrogen-bond acceptors (Lipinski definition) is 4. The molecule has 1 heterocycles. The molecule has 4 N–H and O–H groups in total. The van der Waals surface area contributed by atoms with E-state index in [1.165, 1.54) is 12.1 Å². The van der Waals surface area contributed by atoms with Gasteiger partial charge < -0.3 is 15.5 Å². The smallest absolute Gasteiger partial charge is 0.321 e. The predicted octanol–water partition coefficient (Wildman–Crippen LogP) is 2.32. The van der Waals surface area contributed by atoms with E-state index in [-0.39, 0.29) is 18.1 Å². The zero-order valence-corrected chi connectivity index (χ0v) is 13.2. The number of phenols is 1. The number of aliphatic carboxylic acids is 1. The molecule has 1 amide bonds. The second-order valence-corrected chi connectivity index (χ2v) is 6.01. The maximum absolute atomic E-state index is 12.6. The Labute approximate surface area is 143 Å². The Bertz CT molecular complexity index is 792. The van der Waals surface area contributed by atoms with Crippen LogP contribution in [0.4, 0.5) is 5.69 Å². The van der Waals surface area contributed by atoms with E-state index >= 15 is 0 Å². The molecule has 2 unspecified atom stereocenters. The summed E-state index contributed by atoms with van der Waals surface area (Å²) < 4.78 is 0. The summed E-state index contributed by atoms with van der Waals surface area (Å²) in [6, 6.07) is 9.49. The second kappa shape index (κ2) is 6.51. The molecule has 2 atom stereocenters. The average Bonchev–Trinajstić information content (AvgIpc) is 2.55. The molecule has 0 aromatic heterocycles. The van der Waals surface area contributed by atoms with Gasteiger partial charge in [-0.3, -0.25) is 14.9 Å². The molecule has 0 fully saturated rings. The van der Waals surface area contributed by atoms with Crippen LogP contribution in [0.3, 0.4) is 0 Å². The van der Waals surface area contributed by atoms with Crippen LogP contribution < -0.4 is 10.6 Å². The number of anilines is 1.